The highest BCUT2D eigenvalue weighted by atomic mass is 16.4. The first-order chi connectivity index (χ1) is 9.11. The van der Waals surface area contributed by atoms with E-state index >= 15 is 0 Å². The zero-order valence-corrected chi connectivity index (χ0v) is 11.1. The van der Waals surface area contributed by atoms with Crippen molar-refractivity contribution in [3.63, 3.8) is 0 Å². The second kappa shape index (κ2) is 5.65. The number of aromatic nitrogens is 3. The molecule has 0 aliphatic carbocycles. The third-order valence-electron chi connectivity index (χ3n) is 3.16. The van der Waals surface area contributed by atoms with E-state index in [0.29, 0.717) is 18.8 Å². The molecule has 0 aliphatic heterocycles. The molecule has 1 aromatic heterocycles. The first kappa shape index (κ1) is 13.3. The van der Waals surface area contributed by atoms with Crippen molar-refractivity contribution in [3.8, 4) is 0 Å². The lowest BCUT2D eigenvalue weighted by molar-refractivity contribution is -0.138. The standard InChI is InChI=1S/C14H17N3O2/c1-3-17-13(15-9-16-17)8-12(14(18)19)11-6-4-10(2)5-7-11/h4-7,9,12H,3,8H2,1-2H3,(H,18,19). The van der Waals surface area contributed by atoms with Gasteiger partial charge in [-0.25, -0.2) is 4.98 Å². The predicted molar refractivity (Wildman–Crippen MR) is 71.0 cm³/mol. The topological polar surface area (TPSA) is 68.0 Å². The average molecular weight is 259 g/mol. The lowest BCUT2D eigenvalue weighted by Gasteiger charge is -2.13. The van der Waals surface area contributed by atoms with Crippen molar-refractivity contribution in [2.24, 2.45) is 0 Å². The fourth-order valence-electron chi connectivity index (χ4n) is 2.04. The Balaban J connectivity index is 2.26. The van der Waals surface area contributed by atoms with Crippen LogP contribution in [-0.2, 0) is 17.8 Å². The molecule has 2 aromatic rings. The number of aryl methyl sites for hydroxylation is 2. The Morgan fingerprint density at radius 2 is 2.05 bits per heavy atom. The van der Waals surface area contributed by atoms with E-state index in [-0.39, 0.29) is 0 Å². The SMILES string of the molecule is CCn1ncnc1CC(C(=O)O)c1ccc(C)cc1. The van der Waals surface area contributed by atoms with Crippen LogP contribution in [0.25, 0.3) is 0 Å². The van der Waals surface area contributed by atoms with E-state index < -0.39 is 11.9 Å². The summed E-state index contributed by atoms with van der Waals surface area (Å²) in [5.41, 5.74) is 1.91. The lowest BCUT2D eigenvalue weighted by Crippen LogP contribution is -2.17. The summed E-state index contributed by atoms with van der Waals surface area (Å²) >= 11 is 0. The highest BCUT2D eigenvalue weighted by Crippen LogP contribution is 2.21. The van der Waals surface area contributed by atoms with Crippen LogP contribution in [0.5, 0.6) is 0 Å². The molecule has 1 N–H and O–H groups in total. The van der Waals surface area contributed by atoms with Crippen LogP contribution in [0.3, 0.4) is 0 Å². The average Bonchev–Trinajstić information content (AvgIpc) is 2.84. The zero-order chi connectivity index (χ0) is 13.8. The van der Waals surface area contributed by atoms with Crippen molar-refractivity contribution in [1.82, 2.24) is 14.8 Å². The van der Waals surface area contributed by atoms with Gasteiger partial charge in [-0.1, -0.05) is 29.8 Å². The molecule has 2 rings (SSSR count). The third kappa shape index (κ3) is 2.99. The molecule has 1 heterocycles. The highest BCUT2D eigenvalue weighted by Gasteiger charge is 2.22. The fraction of sp³-hybridized carbons (Fsp3) is 0.357. The van der Waals surface area contributed by atoms with E-state index in [9.17, 15) is 9.90 Å². The van der Waals surface area contributed by atoms with Crippen LogP contribution in [0.4, 0.5) is 0 Å². The van der Waals surface area contributed by atoms with Crippen molar-refractivity contribution in [2.45, 2.75) is 32.7 Å². The molecule has 1 aromatic carbocycles. The molecule has 0 aliphatic rings. The molecule has 0 fully saturated rings. The van der Waals surface area contributed by atoms with E-state index in [1.807, 2.05) is 38.1 Å². The maximum absolute atomic E-state index is 11.5. The molecule has 1 unspecified atom stereocenters. The minimum Gasteiger partial charge on any atom is -0.481 e. The van der Waals surface area contributed by atoms with Gasteiger partial charge in [0, 0.05) is 13.0 Å². The van der Waals surface area contributed by atoms with Crippen molar-refractivity contribution < 1.29 is 9.90 Å². The lowest BCUT2D eigenvalue weighted by atomic mass is 9.95. The number of carboxylic acid groups (broad SMARTS) is 1. The van der Waals surface area contributed by atoms with E-state index in [2.05, 4.69) is 10.1 Å². The molecule has 5 heteroatoms. The van der Waals surface area contributed by atoms with Crippen LogP contribution >= 0.6 is 0 Å². The van der Waals surface area contributed by atoms with Gasteiger partial charge in [0.2, 0.25) is 0 Å². The number of carboxylic acids is 1. The molecule has 0 saturated carbocycles. The van der Waals surface area contributed by atoms with Crippen molar-refractivity contribution in [1.29, 1.82) is 0 Å². The summed E-state index contributed by atoms with van der Waals surface area (Å²) in [7, 11) is 0. The number of aliphatic carboxylic acids is 1. The van der Waals surface area contributed by atoms with Crippen LogP contribution in [0.15, 0.2) is 30.6 Å². The van der Waals surface area contributed by atoms with Gasteiger partial charge in [-0.15, -0.1) is 0 Å². The van der Waals surface area contributed by atoms with Crippen LogP contribution < -0.4 is 0 Å². The van der Waals surface area contributed by atoms with Gasteiger partial charge in [0.25, 0.3) is 0 Å². The largest absolute Gasteiger partial charge is 0.481 e. The Labute approximate surface area is 111 Å². The van der Waals surface area contributed by atoms with Crippen LogP contribution in [0, 0.1) is 6.92 Å². The Hall–Kier alpha value is -2.17. The number of benzene rings is 1. The van der Waals surface area contributed by atoms with Crippen molar-refractivity contribution in [2.75, 3.05) is 0 Å². The third-order valence-corrected chi connectivity index (χ3v) is 3.16. The minimum atomic E-state index is -0.838. The first-order valence-corrected chi connectivity index (χ1v) is 6.28. The summed E-state index contributed by atoms with van der Waals surface area (Å²) in [6.45, 7) is 4.63. The highest BCUT2D eigenvalue weighted by molar-refractivity contribution is 5.76. The fourth-order valence-corrected chi connectivity index (χ4v) is 2.04. The van der Waals surface area contributed by atoms with Gasteiger partial charge >= 0.3 is 5.97 Å². The van der Waals surface area contributed by atoms with E-state index in [0.717, 1.165) is 11.1 Å². The number of nitrogens with zero attached hydrogens (tertiary/aromatic N) is 3. The van der Waals surface area contributed by atoms with Gasteiger partial charge in [0.1, 0.15) is 12.2 Å². The van der Waals surface area contributed by atoms with Crippen LogP contribution in [0.2, 0.25) is 0 Å². The smallest absolute Gasteiger partial charge is 0.311 e. The van der Waals surface area contributed by atoms with E-state index in [4.69, 9.17) is 0 Å². The molecular weight excluding hydrogens is 242 g/mol. The number of rotatable bonds is 5. The van der Waals surface area contributed by atoms with E-state index in [1.54, 1.807) is 4.68 Å². The van der Waals surface area contributed by atoms with Gasteiger partial charge in [0.05, 0.1) is 5.92 Å². The molecule has 0 bridgehead atoms. The molecule has 5 nitrogen and oxygen atoms in total. The maximum atomic E-state index is 11.5. The Kier molecular flexibility index (Phi) is 3.94. The maximum Gasteiger partial charge on any atom is 0.311 e. The molecule has 1 atom stereocenters. The second-order valence-electron chi connectivity index (χ2n) is 4.50. The summed E-state index contributed by atoms with van der Waals surface area (Å²) in [6.07, 6.45) is 1.82. The van der Waals surface area contributed by atoms with Gasteiger partial charge in [0.15, 0.2) is 0 Å². The van der Waals surface area contributed by atoms with Gasteiger partial charge in [-0.05, 0) is 19.4 Å². The Bertz CT molecular complexity index is 560. The van der Waals surface area contributed by atoms with Crippen molar-refractivity contribution >= 4 is 5.97 Å². The molecule has 19 heavy (non-hydrogen) atoms. The first-order valence-electron chi connectivity index (χ1n) is 6.28. The molecule has 100 valence electrons. The molecular formula is C14H17N3O2. The minimum absolute atomic E-state index is 0.353. The van der Waals surface area contributed by atoms with Gasteiger partial charge in [-0.2, -0.15) is 5.10 Å². The number of hydrogen-bond acceptors (Lipinski definition) is 3. The summed E-state index contributed by atoms with van der Waals surface area (Å²) < 4.78 is 1.73. The van der Waals surface area contributed by atoms with Gasteiger partial charge < -0.3 is 5.11 Å². The molecule has 0 amide bonds. The molecule has 0 radical (unpaired) electrons. The summed E-state index contributed by atoms with van der Waals surface area (Å²) in [5, 5.41) is 13.5. The number of carbonyl (C=O) groups is 1. The Morgan fingerprint density at radius 3 is 2.63 bits per heavy atom. The second-order valence-corrected chi connectivity index (χ2v) is 4.50. The van der Waals surface area contributed by atoms with Gasteiger partial charge in [-0.3, -0.25) is 9.48 Å². The zero-order valence-electron chi connectivity index (χ0n) is 11.1. The quantitative estimate of drug-likeness (QED) is 0.892. The van der Waals surface area contributed by atoms with Crippen LogP contribution in [0.1, 0.15) is 29.8 Å². The van der Waals surface area contributed by atoms with E-state index in [1.165, 1.54) is 6.33 Å². The monoisotopic (exact) mass is 259 g/mol. The normalized spacial score (nSPS) is 12.3. The van der Waals surface area contributed by atoms with Crippen LogP contribution in [-0.4, -0.2) is 25.8 Å². The molecule has 0 saturated heterocycles. The summed E-state index contributed by atoms with van der Waals surface area (Å²) in [5.74, 6) is -0.722. The van der Waals surface area contributed by atoms with Crippen molar-refractivity contribution in [3.05, 3.63) is 47.5 Å². The summed E-state index contributed by atoms with van der Waals surface area (Å²) in [4.78, 5) is 15.6. The predicted octanol–water partition coefficient (Wildman–Crippen LogP) is 2.02. The summed E-state index contributed by atoms with van der Waals surface area (Å²) in [6, 6.07) is 7.58. The Morgan fingerprint density at radius 1 is 1.37 bits per heavy atom. The number of hydrogen-bond donors (Lipinski definition) is 1. The molecule has 0 spiro atoms.